The van der Waals surface area contributed by atoms with E-state index in [-0.39, 0.29) is 30.5 Å². The number of hydrazine groups is 1. The van der Waals surface area contributed by atoms with Crippen molar-refractivity contribution in [2.75, 3.05) is 0 Å². The summed E-state index contributed by atoms with van der Waals surface area (Å²) in [6.07, 6.45) is 1.85. The van der Waals surface area contributed by atoms with Crippen molar-refractivity contribution < 1.29 is 14.5 Å². The van der Waals surface area contributed by atoms with Gasteiger partial charge in [-0.25, -0.2) is 5.84 Å². The van der Waals surface area contributed by atoms with E-state index in [1.807, 2.05) is 41.0 Å². The number of nitrogens with two attached hydrogens (primary N) is 1. The van der Waals surface area contributed by atoms with Gasteiger partial charge in [0.1, 0.15) is 18.4 Å². The standard InChI is InChI=1S/C19H20N4O2.ClH/c1-12(2)13-7-8-17(24)14(9-13)11-23-16-6-4-3-5-15(16)21-18(23)10-19(25)22-20;/h3-9,11-12H,10,20H2,1-2H3,(H,22,25);1H/p+1. The Kier molecular flexibility index (Phi) is 6.13. The van der Waals surface area contributed by atoms with Crippen molar-refractivity contribution >= 4 is 41.7 Å². The van der Waals surface area contributed by atoms with Crippen LogP contribution in [0.1, 0.15) is 37.3 Å². The number of phenols is 1. The highest BCUT2D eigenvalue weighted by molar-refractivity contribution is 6.02. The Balaban J connectivity index is 0.00000243. The number of hydrogen-bond acceptors (Lipinski definition) is 4. The first-order valence-electron chi connectivity index (χ1n) is 8.12. The number of aromatic hydroxyl groups is 1. The van der Waals surface area contributed by atoms with Gasteiger partial charge in [0.25, 0.3) is 0 Å². The topological polar surface area (TPSA) is 90.7 Å². The van der Waals surface area contributed by atoms with Gasteiger partial charge in [0.2, 0.25) is 11.6 Å². The van der Waals surface area contributed by atoms with Gasteiger partial charge < -0.3 is 5.11 Å². The van der Waals surface area contributed by atoms with Crippen molar-refractivity contribution in [2.24, 2.45) is 10.8 Å². The normalized spacial score (nSPS) is 14.0. The Morgan fingerprint density at radius 2 is 2.04 bits per heavy atom. The quantitative estimate of drug-likeness (QED) is 0.333. The largest absolute Gasteiger partial charge is 0.507 e. The number of amides is 1. The highest BCUT2D eigenvalue weighted by Gasteiger charge is 2.31. The molecule has 1 amide bonds. The fourth-order valence-electron chi connectivity index (χ4n) is 2.73. The van der Waals surface area contributed by atoms with Crippen molar-refractivity contribution in [3.8, 4) is 5.75 Å². The Hall–Kier alpha value is -2.70. The number of halogens is 1. The molecule has 0 bridgehead atoms. The third-order valence-electron chi connectivity index (χ3n) is 4.13. The minimum atomic E-state index is -0.329. The zero-order valence-corrected chi connectivity index (χ0v) is 15.5. The second kappa shape index (κ2) is 8.12. The maximum absolute atomic E-state index is 11.7. The molecule has 6 nitrogen and oxygen atoms in total. The van der Waals surface area contributed by atoms with E-state index in [0.29, 0.717) is 17.3 Å². The smallest absolute Gasteiger partial charge is 0.314 e. The first-order chi connectivity index (χ1) is 12.0. The average molecular weight is 374 g/mol. The summed E-state index contributed by atoms with van der Waals surface area (Å²) in [6, 6.07) is 13.1. The summed E-state index contributed by atoms with van der Waals surface area (Å²) in [5, 5.41) is 10.2. The number of benzene rings is 2. The number of fused-ring (bicyclic) bond motifs is 1. The Morgan fingerprint density at radius 3 is 2.73 bits per heavy atom. The first-order valence-corrected chi connectivity index (χ1v) is 8.12. The number of phenolic OH excluding ortho intramolecular Hbond substituents is 1. The van der Waals surface area contributed by atoms with Gasteiger partial charge in [-0.05, 0) is 40.7 Å². The second-order valence-corrected chi connectivity index (χ2v) is 6.23. The Bertz CT molecular complexity index is 891. The number of carbonyl (C=O) groups is 1. The van der Waals surface area contributed by atoms with Crippen molar-refractivity contribution in [3.05, 3.63) is 53.6 Å². The molecular weight excluding hydrogens is 352 g/mol. The van der Waals surface area contributed by atoms with Crippen LogP contribution < -0.4 is 11.3 Å². The molecule has 1 heterocycles. The summed E-state index contributed by atoms with van der Waals surface area (Å²) in [4.78, 5) is 16.2. The SMILES string of the molecule is CC(C)c1ccc(O)c(C=[N+]2C(CC(=O)NN)=Nc3ccccc32)c1.Cl. The number of para-hydroxylation sites is 2. The van der Waals surface area contributed by atoms with E-state index in [1.54, 1.807) is 12.3 Å². The number of carbonyl (C=O) groups excluding carboxylic acids is 1. The van der Waals surface area contributed by atoms with Gasteiger partial charge in [-0.1, -0.05) is 32.0 Å². The van der Waals surface area contributed by atoms with Gasteiger partial charge in [0, 0.05) is 0 Å². The molecule has 4 N–H and O–H groups in total. The molecule has 0 saturated heterocycles. The van der Waals surface area contributed by atoms with Crippen LogP contribution in [0, 0.1) is 0 Å². The molecule has 0 fully saturated rings. The third kappa shape index (κ3) is 3.92. The van der Waals surface area contributed by atoms with Gasteiger partial charge in [-0.2, -0.15) is 4.58 Å². The summed E-state index contributed by atoms with van der Waals surface area (Å²) < 4.78 is 1.82. The van der Waals surface area contributed by atoms with Gasteiger partial charge >= 0.3 is 5.84 Å². The molecule has 0 spiro atoms. The summed E-state index contributed by atoms with van der Waals surface area (Å²) >= 11 is 0. The molecule has 136 valence electrons. The van der Waals surface area contributed by atoms with Crippen molar-refractivity contribution in [3.63, 3.8) is 0 Å². The van der Waals surface area contributed by atoms with Crippen molar-refractivity contribution in [2.45, 2.75) is 26.2 Å². The average Bonchev–Trinajstić information content (AvgIpc) is 2.93. The van der Waals surface area contributed by atoms with Gasteiger partial charge in [0.05, 0.1) is 5.56 Å². The molecule has 0 radical (unpaired) electrons. The number of amidine groups is 1. The predicted molar refractivity (Wildman–Crippen MR) is 105 cm³/mol. The lowest BCUT2D eigenvalue weighted by atomic mass is 10.0. The van der Waals surface area contributed by atoms with E-state index < -0.39 is 0 Å². The number of hydrogen-bond donors (Lipinski definition) is 3. The number of nitrogens with one attached hydrogen (secondary N) is 1. The Labute approximate surface area is 158 Å². The maximum atomic E-state index is 11.7. The minimum absolute atomic E-state index is 0. The van der Waals surface area contributed by atoms with E-state index in [9.17, 15) is 9.90 Å². The van der Waals surface area contributed by atoms with Crippen molar-refractivity contribution in [1.82, 2.24) is 5.43 Å². The molecule has 3 rings (SSSR count). The zero-order chi connectivity index (χ0) is 18.0. The molecule has 0 aromatic heterocycles. The summed E-state index contributed by atoms with van der Waals surface area (Å²) in [6.45, 7) is 4.19. The van der Waals surface area contributed by atoms with Crippen LogP contribution in [0.3, 0.4) is 0 Å². The molecule has 0 aliphatic carbocycles. The van der Waals surface area contributed by atoms with Crippen LogP contribution in [0.15, 0.2) is 47.5 Å². The van der Waals surface area contributed by atoms with Gasteiger partial charge in [0.15, 0.2) is 5.69 Å². The fourth-order valence-corrected chi connectivity index (χ4v) is 2.73. The molecule has 7 heteroatoms. The summed E-state index contributed by atoms with van der Waals surface area (Å²) in [5.41, 5.74) is 5.55. The molecular formula is C19H22ClN4O2+. The first kappa shape index (κ1) is 19.6. The van der Waals surface area contributed by atoms with E-state index in [0.717, 1.165) is 16.9 Å². The molecule has 0 unspecified atom stereocenters. The van der Waals surface area contributed by atoms with Crippen LogP contribution in [0.2, 0.25) is 0 Å². The lowest BCUT2D eigenvalue weighted by Crippen LogP contribution is -2.33. The zero-order valence-electron chi connectivity index (χ0n) is 14.6. The predicted octanol–water partition coefficient (Wildman–Crippen LogP) is 3.12. The van der Waals surface area contributed by atoms with Crippen LogP contribution in [-0.4, -0.2) is 27.6 Å². The summed E-state index contributed by atoms with van der Waals surface area (Å²) in [5.74, 6) is 5.95. The van der Waals surface area contributed by atoms with Crippen LogP contribution in [0.25, 0.3) is 0 Å². The van der Waals surface area contributed by atoms with Gasteiger partial charge in [-0.3, -0.25) is 10.2 Å². The van der Waals surface area contributed by atoms with Crippen molar-refractivity contribution in [1.29, 1.82) is 0 Å². The van der Waals surface area contributed by atoms with E-state index >= 15 is 0 Å². The monoisotopic (exact) mass is 373 g/mol. The van der Waals surface area contributed by atoms with Crippen LogP contribution in [0.5, 0.6) is 5.75 Å². The third-order valence-corrected chi connectivity index (χ3v) is 4.13. The molecule has 2 aromatic rings. The molecule has 1 aliphatic heterocycles. The number of rotatable bonds is 4. The fraction of sp³-hybridized carbons (Fsp3) is 0.211. The van der Waals surface area contributed by atoms with E-state index in [4.69, 9.17) is 5.84 Å². The molecule has 2 aromatic carbocycles. The highest BCUT2D eigenvalue weighted by Crippen LogP contribution is 2.34. The van der Waals surface area contributed by atoms with E-state index in [2.05, 4.69) is 24.3 Å². The van der Waals surface area contributed by atoms with Gasteiger partial charge in [-0.15, -0.1) is 12.4 Å². The lowest BCUT2D eigenvalue weighted by molar-refractivity contribution is -0.296. The molecule has 1 aliphatic rings. The number of aliphatic imine (C=N–C) groups is 1. The minimum Gasteiger partial charge on any atom is -0.507 e. The second-order valence-electron chi connectivity index (χ2n) is 6.23. The highest BCUT2D eigenvalue weighted by atomic mass is 35.5. The van der Waals surface area contributed by atoms with Crippen LogP contribution >= 0.6 is 12.4 Å². The van der Waals surface area contributed by atoms with E-state index in [1.165, 1.54) is 0 Å². The Morgan fingerprint density at radius 1 is 1.31 bits per heavy atom. The lowest BCUT2D eigenvalue weighted by Gasteiger charge is -2.08. The maximum Gasteiger partial charge on any atom is 0.314 e. The molecule has 0 atom stereocenters. The molecule has 0 saturated carbocycles. The summed E-state index contributed by atoms with van der Waals surface area (Å²) in [7, 11) is 0. The van der Waals surface area contributed by atoms with Crippen LogP contribution in [0.4, 0.5) is 11.4 Å². The molecule has 26 heavy (non-hydrogen) atoms. The van der Waals surface area contributed by atoms with Crippen LogP contribution in [-0.2, 0) is 4.79 Å². The number of nitrogens with zero attached hydrogens (tertiary/aromatic N) is 2.